The van der Waals surface area contributed by atoms with Crippen LogP contribution in [0.5, 0.6) is 0 Å². The third-order valence-electron chi connectivity index (χ3n) is 7.38. The Kier molecular flexibility index (Phi) is 14.4. The van der Waals surface area contributed by atoms with Gasteiger partial charge in [0, 0.05) is 34.2 Å². The molecule has 1 N–H and O–H groups in total. The number of fused-ring (bicyclic) bond motifs is 3. The summed E-state index contributed by atoms with van der Waals surface area (Å²) < 4.78 is -1.50. The molecule has 4 aromatic carbocycles. The molecule has 5 aromatic rings. The van der Waals surface area contributed by atoms with Crippen molar-refractivity contribution in [3.63, 3.8) is 0 Å². The van der Waals surface area contributed by atoms with Crippen molar-refractivity contribution >= 4 is 104 Å². The van der Waals surface area contributed by atoms with Crippen LogP contribution in [0.4, 0.5) is 0 Å². The molecule has 1 aliphatic rings. The van der Waals surface area contributed by atoms with Gasteiger partial charge in [-0.15, -0.1) is 0 Å². The zero-order valence-corrected chi connectivity index (χ0v) is 32.0. The molecule has 260 valence electrons. The summed E-state index contributed by atoms with van der Waals surface area (Å²) >= 11 is 28.8. The number of nitrogens with zero attached hydrogens (tertiary/aromatic N) is 2. The number of carbonyl (C=O) groups is 2. The lowest BCUT2D eigenvalue weighted by Crippen LogP contribution is -2.49. The second-order valence-corrected chi connectivity index (χ2v) is 16.1. The molecule has 0 saturated heterocycles. The summed E-state index contributed by atoms with van der Waals surface area (Å²) in [6, 6.07) is 36.5. The normalized spacial score (nSPS) is 14.9. The molecule has 0 fully saturated rings. The van der Waals surface area contributed by atoms with Gasteiger partial charge in [-0.1, -0.05) is 167 Å². The molecule has 0 radical (unpaired) electrons. The van der Waals surface area contributed by atoms with E-state index < -0.39 is 20.2 Å². The van der Waals surface area contributed by atoms with Gasteiger partial charge in [0.05, 0.1) is 11.2 Å². The predicted molar refractivity (Wildman–Crippen MR) is 211 cm³/mol. The second kappa shape index (κ2) is 18.3. The van der Waals surface area contributed by atoms with Gasteiger partial charge < -0.3 is 10.2 Å². The fourth-order valence-corrected chi connectivity index (χ4v) is 5.55. The predicted octanol–water partition coefficient (Wildman–Crippen LogP) is 11.4. The number of amides is 2. The van der Waals surface area contributed by atoms with Crippen molar-refractivity contribution in [2.24, 2.45) is 0 Å². The monoisotopic (exact) mass is 787 g/mol. The number of para-hydroxylation sites is 1. The van der Waals surface area contributed by atoms with Crippen molar-refractivity contribution in [3.8, 4) is 0 Å². The average Bonchev–Trinajstić information content (AvgIpc) is 3.05. The summed E-state index contributed by atoms with van der Waals surface area (Å²) in [6.45, 7) is 6.12. The van der Waals surface area contributed by atoms with E-state index in [1.807, 2.05) is 136 Å². The molecule has 0 saturated carbocycles. The maximum absolute atomic E-state index is 14.6. The summed E-state index contributed by atoms with van der Waals surface area (Å²) in [5.41, 5.74) is 5.73. The minimum atomic E-state index is -0.920. The van der Waals surface area contributed by atoms with Crippen molar-refractivity contribution in [2.45, 2.75) is 47.5 Å². The summed E-state index contributed by atoms with van der Waals surface area (Å²) in [6.07, 6.45) is 2.07. The van der Waals surface area contributed by atoms with E-state index in [1.165, 1.54) is 0 Å². The Labute approximate surface area is 323 Å². The summed E-state index contributed by atoms with van der Waals surface area (Å²) in [5.74, 6) is -0.454. The molecular weight excluding hydrogens is 755 g/mol. The number of aromatic nitrogens is 1. The largest absolute Gasteiger partial charge is 0.349 e. The average molecular weight is 790 g/mol. The van der Waals surface area contributed by atoms with E-state index >= 15 is 0 Å². The Morgan fingerprint density at radius 1 is 0.780 bits per heavy atom. The van der Waals surface area contributed by atoms with Gasteiger partial charge in [0.1, 0.15) is 6.04 Å². The molecule has 1 aliphatic heterocycles. The highest BCUT2D eigenvalue weighted by Crippen LogP contribution is 2.40. The molecule has 0 unspecified atom stereocenters. The Hall–Kier alpha value is -3.29. The van der Waals surface area contributed by atoms with Crippen LogP contribution < -0.4 is 5.32 Å². The molecule has 50 heavy (non-hydrogen) atoms. The lowest BCUT2D eigenvalue weighted by Gasteiger charge is -2.37. The maximum atomic E-state index is 14.6. The van der Waals surface area contributed by atoms with Crippen LogP contribution in [0.2, 0.25) is 0 Å². The van der Waals surface area contributed by atoms with Crippen molar-refractivity contribution in [1.82, 2.24) is 15.2 Å². The van der Waals surface area contributed by atoms with E-state index in [0.29, 0.717) is 16.8 Å². The molecule has 1 atom stereocenters. The maximum Gasteiger partial charge on any atom is 0.255 e. The standard InChI is InChI=1S/C37H33N3O2.2CHCl3/c1-37(2,3)39-35(41)34-31-23-27-18-10-13-21-32(27)38-33(31)30(22-25-14-6-4-7-15-25)28-19-11-12-20-29(28)36(42)40(34)24-26-16-8-5-9-17-26;2*2-1(3)4/h4-23,34H,24H2,1-3H3,(H,39,41);2*1H/b30-22-;;/t34-;;/m0../s1. The first kappa shape index (κ1) is 39.5. The first-order chi connectivity index (χ1) is 23.7. The zero-order chi connectivity index (χ0) is 36.4. The zero-order valence-electron chi connectivity index (χ0n) is 27.5. The van der Waals surface area contributed by atoms with Gasteiger partial charge in [0.15, 0.2) is 8.59 Å². The highest BCUT2D eigenvalue weighted by molar-refractivity contribution is 6.63. The van der Waals surface area contributed by atoms with Crippen LogP contribution in [0.25, 0.3) is 22.6 Å². The number of hydrogen-bond donors (Lipinski definition) is 1. The van der Waals surface area contributed by atoms with Crippen LogP contribution in [0.15, 0.2) is 115 Å². The van der Waals surface area contributed by atoms with Gasteiger partial charge >= 0.3 is 0 Å². The van der Waals surface area contributed by atoms with Crippen LogP contribution in [0, 0.1) is 0 Å². The molecule has 0 aliphatic carbocycles. The topological polar surface area (TPSA) is 62.3 Å². The number of pyridine rings is 1. The van der Waals surface area contributed by atoms with Crippen LogP contribution in [-0.4, -0.2) is 35.8 Å². The molecule has 2 heterocycles. The molecule has 0 spiro atoms. The van der Waals surface area contributed by atoms with Gasteiger partial charge in [0.25, 0.3) is 5.91 Å². The van der Waals surface area contributed by atoms with Gasteiger partial charge in [0.2, 0.25) is 5.91 Å². The summed E-state index contributed by atoms with van der Waals surface area (Å²) in [7, 11) is 0. The number of halogens is 6. The Balaban J connectivity index is 0.000000637. The van der Waals surface area contributed by atoms with Crippen LogP contribution in [0.3, 0.4) is 0 Å². The van der Waals surface area contributed by atoms with Crippen LogP contribution in [-0.2, 0) is 11.3 Å². The van der Waals surface area contributed by atoms with Gasteiger partial charge in [-0.05, 0) is 61.7 Å². The third kappa shape index (κ3) is 11.1. The van der Waals surface area contributed by atoms with Gasteiger partial charge in [-0.3, -0.25) is 9.59 Å². The summed E-state index contributed by atoms with van der Waals surface area (Å²) in [4.78, 5) is 35.9. The number of hydrogen-bond acceptors (Lipinski definition) is 3. The van der Waals surface area contributed by atoms with Crippen LogP contribution in [0.1, 0.15) is 65.1 Å². The number of alkyl halides is 6. The summed E-state index contributed by atoms with van der Waals surface area (Å²) in [5, 5.41) is 4.08. The van der Waals surface area contributed by atoms with Crippen molar-refractivity contribution in [3.05, 3.63) is 149 Å². The Bertz CT molecular complexity index is 1920. The third-order valence-corrected chi connectivity index (χ3v) is 7.38. The lowest BCUT2D eigenvalue weighted by atomic mass is 9.86. The van der Waals surface area contributed by atoms with E-state index in [2.05, 4.69) is 11.4 Å². The number of carbonyl (C=O) groups excluding carboxylic acids is 2. The quantitative estimate of drug-likeness (QED) is 0.184. The first-order valence-electron chi connectivity index (χ1n) is 15.5. The van der Waals surface area contributed by atoms with E-state index in [9.17, 15) is 9.59 Å². The molecule has 2 amide bonds. The molecule has 11 heteroatoms. The van der Waals surface area contributed by atoms with E-state index in [4.69, 9.17) is 74.6 Å². The lowest BCUT2D eigenvalue weighted by molar-refractivity contribution is -0.127. The number of benzene rings is 4. The Morgan fingerprint density at radius 2 is 1.30 bits per heavy atom. The fourth-order valence-electron chi connectivity index (χ4n) is 5.55. The number of rotatable bonds is 4. The number of nitrogens with one attached hydrogen (secondary N) is 1. The highest BCUT2D eigenvalue weighted by atomic mass is 35.6. The Morgan fingerprint density at radius 3 is 1.90 bits per heavy atom. The molecule has 0 bridgehead atoms. The molecule has 1 aromatic heterocycles. The SMILES string of the molecule is CC(C)(C)NC(=O)[C@@H]1c2cc3ccccc3nc2/C(=C\c2ccccc2)c2ccccc2C(=O)N1Cc1ccccc1.ClC(Cl)Cl.ClC(Cl)Cl. The molecular formula is C39H35Cl6N3O2. The van der Waals surface area contributed by atoms with E-state index in [1.54, 1.807) is 4.90 Å². The highest BCUT2D eigenvalue weighted by Gasteiger charge is 2.39. The fraction of sp³-hybridized carbons (Fsp3) is 0.205. The van der Waals surface area contributed by atoms with Crippen molar-refractivity contribution in [2.75, 3.05) is 0 Å². The van der Waals surface area contributed by atoms with Gasteiger partial charge in [-0.2, -0.15) is 0 Å². The van der Waals surface area contributed by atoms with Crippen molar-refractivity contribution < 1.29 is 9.59 Å². The van der Waals surface area contributed by atoms with Crippen LogP contribution >= 0.6 is 69.6 Å². The smallest absolute Gasteiger partial charge is 0.255 e. The minimum absolute atomic E-state index is 0.207. The van der Waals surface area contributed by atoms with E-state index in [0.717, 1.165) is 33.2 Å². The van der Waals surface area contributed by atoms with Crippen molar-refractivity contribution in [1.29, 1.82) is 0 Å². The first-order valence-corrected chi connectivity index (χ1v) is 18.1. The van der Waals surface area contributed by atoms with Gasteiger partial charge in [-0.25, -0.2) is 4.98 Å². The minimum Gasteiger partial charge on any atom is -0.349 e. The molecule has 5 nitrogen and oxygen atoms in total. The van der Waals surface area contributed by atoms with E-state index in [-0.39, 0.29) is 18.4 Å². The molecule has 6 rings (SSSR count). The second-order valence-electron chi connectivity index (χ2n) is 12.2.